The van der Waals surface area contributed by atoms with Crippen LogP contribution in [0.5, 0.6) is 11.5 Å². The third-order valence-corrected chi connectivity index (χ3v) is 7.09. The van der Waals surface area contributed by atoms with Gasteiger partial charge >= 0.3 is 5.97 Å². The Bertz CT molecular complexity index is 1620. The number of carbonyl (C=O) groups is 2. The first-order valence-electron chi connectivity index (χ1n) is 12.4. The Kier molecular flexibility index (Phi) is 8.73. The fourth-order valence-electron chi connectivity index (χ4n) is 4.86. The molecule has 0 aliphatic heterocycles. The summed E-state index contributed by atoms with van der Waals surface area (Å²) >= 11 is 6.17. The van der Waals surface area contributed by atoms with Crippen molar-refractivity contribution in [1.29, 1.82) is 5.26 Å². The highest BCUT2D eigenvalue weighted by atomic mass is 35.5. The minimum atomic E-state index is -0.996. The molecule has 1 aromatic heterocycles. The lowest BCUT2D eigenvalue weighted by Crippen LogP contribution is -2.31. The Morgan fingerprint density at radius 1 is 1.10 bits per heavy atom. The third kappa shape index (κ3) is 5.78. The number of ketones is 1. The van der Waals surface area contributed by atoms with E-state index >= 15 is 0 Å². The first kappa shape index (κ1) is 28.6. The number of methoxy groups -OCH3 is 3. The molecule has 1 heterocycles. The molecular weight excluding hydrogens is 536 g/mol. The molecule has 3 aromatic rings. The molecule has 4 rings (SSSR count). The van der Waals surface area contributed by atoms with E-state index in [0.717, 1.165) is 11.1 Å². The minimum Gasteiger partial charge on any atom is -0.496 e. The Labute approximate surface area is 235 Å². The summed E-state index contributed by atoms with van der Waals surface area (Å²) in [6.07, 6.45) is 3.46. The van der Waals surface area contributed by atoms with E-state index in [1.165, 1.54) is 38.2 Å². The van der Waals surface area contributed by atoms with Crippen LogP contribution in [0.2, 0.25) is 5.02 Å². The van der Waals surface area contributed by atoms with Gasteiger partial charge in [-0.05, 0) is 47.9 Å². The molecule has 1 atom stereocenters. The summed E-state index contributed by atoms with van der Waals surface area (Å²) < 4.78 is 17.6. The lowest BCUT2D eigenvalue weighted by Gasteiger charge is -2.21. The summed E-state index contributed by atoms with van der Waals surface area (Å²) in [5.41, 5.74) is 3.03. The molecule has 0 saturated carbocycles. The van der Waals surface area contributed by atoms with Crippen LogP contribution in [-0.2, 0) is 27.2 Å². The molecule has 1 aliphatic carbocycles. The van der Waals surface area contributed by atoms with Crippen LogP contribution in [0, 0.1) is 11.3 Å². The monoisotopic (exact) mass is 562 g/mol. The number of pyridine rings is 1. The largest absolute Gasteiger partial charge is 0.496 e. The van der Waals surface area contributed by atoms with Crippen molar-refractivity contribution in [3.05, 3.63) is 85.8 Å². The maximum absolute atomic E-state index is 13.7. The fourth-order valence-corrected chi connectivity index (χ4v) is 5.03. The number of hydrogen-bond donors (Lipinski definition) is 1. The topological polar surface area (TPSA) is 128 Å². The van der Waals surface area contributed by atoms with Crippen LogP contribution in [0.3, 0.4) is 0 Å². The summed E-state index contributed by atoms with van der Waals surface area (Å²) in [4.78, 5) is 38.6. The van der Waals surface area contributed by atoms with E-state index < -0.39 is 17.6 Å². The van der Waals surface area contributed by atoms with Crippen LogP contribution in [0.15, 0.2) is 53.0 Å². The summed E-state index contributed by atoms with van der Waals surface area (Å²) in [6.45, 7) is 0.215. The van der Waals surface area contributed by atoms with Crippen LogP contribution >= 0.6 is 11.6 Å². The van der Waals surface area contributed by atoms with Gasteiger partial charge in [0, 0.05) is 59.9 Å². The second-order valence-electron chi connectivity index (χ2n) is 9.26. The number of hydrogen-bond acceptors (Lipinski definition) is 7. The number of rotatable bonds is 11. The smallest absolute Gasteiger partial charge is 0.331 e. The maximum atomic E-state index is 13.7. The Morgan fingerprint density at radius 3 is 2.50 bits per heavy atom. The van der Waals surface area contributed by atoms with E-state index in [2.05, 4.69) is 6.07 Å². The molecule has 1 N–H and O–H groups in total. The quantitative estimate of drug-likeness (QED) is 0.362. The predicted octanol–water partition coefficient (Wildman–Crippen LogP) is 4.47. The molecule has 0 fully saturated rings. The maximum Gasteiger partial charge on any atom is 0.331 e. The number of carboxylic acid groups (broad SMARTS) is 1. The predicted molar refractivity (Wildman–Crippen MR) is 149 cm³/mol. The van der Waals surface area contributed by atoms with Crippen molar-refractivity contribution >= 4 is 29.4 Å². The van der Waals surface area contributed by atoms with Gasteiger partial charge in [-0.1, -0.05) is 17.7 Å². The number of carbonyl (C=O) groups excluding carboxylic acids is 1. The normalized spacial score (nSPS) is 12.7. The summed E-state index contributed by atoms with van der Waals surface area (Å²) in [5.74, 6) is -0.525. The van der Waals surface area contributed by atoms with Crippen LogP contribution < -0.4 is 15.0 Å². The number of nitriles is 1. The van der Waals surface area contributed by atoms with E-state index in [-0.39, 0.29) is 43.0 Å². The molecule has 2 aromatic carbocycles. The number of fused-ring (bicyclic) bond motifs is 1. The zero-order chi connectivity index (χ0) is 29.0. The number of benzene rings is 2. The Balaban J connectivity index is 1.73. The number of aliphatic carboxylic acids is 1. The van der Waals surface area contributed by atoms with Crippen LogP contribution in [-0.4, -0.2) is 49.4 Å². The first-order valence-corrected chi connectivity index (χ1v) is 12.7. The Hall–Kier alpha value is -4.39. The SMILES string of the molecule is COCCC(C(=O)Cc1cc2c(cc1OC)C=C(C(=O)O)C2)n1cc(OC)c(-c2cc(Cl)ccc2C#N)cc1=O. The van der Waals surface area contributed by atoms with E-state index in [9.17, 15) is 24.8 Å². The van der Waals surface area contributed by atoms with E-state index in [1.807, 2.05) is 0 Å². The molecule has 206 valence electrons. The van der Waals surface area contributed by atoms with Crippen molar-refractivity contribution in [3.8, 4) is 28.7 Å². The number of Topliss-reactive ketones (excluding diaryl/α,β-unsaturated/α-hetero) is 1. The summed E-state index contributed by atoms with van der Waals surface area (Å²) in [5, 5.41) is 19.4. The van der Waals surface area contributed by atoms with Gasteiger partial charge in [-0.25, -0.2) is 4.79 Å². The van der Waals surface area contributed by atoms with Gasteiger partial charge in [-0.15, -0.1) is 0 Å². The lowest BCUT2D eigenvalue weighted by atomic mass is 9.96. The molecule has 0 radical (unpaired) electrons. The number of carboxylic acids is 1. The van der Waals surface area contributed by atoms with E-state index in [0.29, 0.717) is 33.0 Å². The molecule has 0 bridgehead atoms. The van der Waals surface area contributed by atoms with E-state index in [1.54, 1.807) is 36.4 Å². The second-order valence-corrected chi connectivity index (χ2v) is 9.69. The van der Waals surface area contributed by atoms with Crippen molar-refractivity contribution in [2.24, 2.45) is 0 Å². The molecule has 0 saturated heterocycles. The van der Waals surface area contributed by atoms with Crippen molar-refractivity contribution in [2.45, 2.75) is 25.3 Å². The number of aromatic nitrogens is 1. The molecule has 0 amide bonds. The first-order chi connectivity index (χ1) is 19.2. The summed E-state index contributed by atoms with van der Waals surface area (Å²) in [6, 6.07) is 10.8. The zero-order valence-corrected chi connectivity index (χ0v) is 22.9. The summed E-state index contributed by atoms with van der Waals surface area (Å²) in [7, 11) is 4.42. The number of nitrogens with zero attached hydrogens (tertiary/aromatic N) is 2. The van der Waals surface area contributed by atoms with Gasteiger partial charge in [0.2, 0.25) is 0 Å². The molecule has 1 unspecified atom stereocenters. The molecule has 10 heteroatoms. The highest BCUT2D eigenvalue weighted by Crippen LogP contribution is 2.35. The fraction of sp³-hybridized carbons (Fsp3) is 0.267. The van der Waals surface area contributed by atoms with Crippen LogP contribution in [0.1, 0.15) is 34.7 Å². The van der Waals surface area contributed by atoms with Crippen LogP contribution in [0.4, 0.5) is 0 Å². The van der Waals surface area contributed by atoms with Crippen molar-refractivity contribution in [3.63, 3.8) is 0 Å². The molecular formula is C30H27ClN2O7. The highest BCUT2D eigenvalue weighted by molar-refractivity contribution is 6.31. The number of ether oxygens (including phenoxy) is 3. The van der Waals surface area contributed by atoms with Gasteiger partial charge in [0.05, 0.1) is 38.1 Å². The average Bonchev–Trinajstić information content (AvgIpc) is 3.36. The average molecular weight is 563 g/mol. The molecule has 9 nitrogen and oxygen atoms in total. The zero-order valence-electron chi connectivity index (χ0n) is 22.2. The highest BCUT2D eigenvalue weighted by Gasteiger charge is 2.27. The van der Waals surface area contributed by atoms with E-state index in [4.69, 9.17) is 25.8 Å². The van der Waals surface area contributed by atoms with Gasteiger partial charge < -0.3 is 23.9 Å². The second kappa shape index (κ2) is 12.2. The molecule has 0 spiro atoms. The van der Waals surface area contributed by atoms with Gasteiger partial charge in [-0.2, -0.15) is 5.26 Å². The molecule has 1 aliphatic rings. The van der Waals surface area contributed by atoms with Gasteiger partial charge in [0.15, 0.2) is 5.78 Å². The van der Waals surface area contributed by atoms with Gasteiger partial charge in [-0.3, -0.25) is 9.59 Å². The van der Waals surface area contributed by atoms with Crippen molar-refractivity contribution in [1.82, 2.24) is 4.57 Å². The Morgan fingerprint density at radius 2 is 1.85 bits per heavy atom. The minimum absolute atomic E-state index is 0.0589. The van der Waals surface area contributed by atoms with Gasteiger partial charge in [0.25, 0.3) is 5.56 Å². The van der Waals surface area contributed by atoms with Gasteiger partial charge in [0.1, 0.15) is 11.5 Å². The lowest BCUT2D eigenvalue weighted by molar-refractivity contribution is -0.132. The van der Waals surface area contributed by atoms with Crippen LogP contribution in [0.25, 0.3) is 17.2 Å². The third-order valence-electron chi connectivity index (χ3n) is 6.85. The molecule has 40 heavy (non-hydrogen) atoms. The van der Waals surface area contributed by atoms with Crippen molar-refractivity contribution < 1.29 is 28.9 Å². The van der Waals surface area contributed by atoms with Crippen molar-refractivity contribution in [2.75, 3.05) is 27.9 Å². The standard InChI is InChI=1S/C30H27ClN2O7/c1-38-7-6-25(26(34)11-20-8-18-9-21(30(36)37)10-19(18)12-27(20)39-2)33-16-28(40-3)24(14-29(33)35)23-13-22(31)5-4-17(23)15-32/h4-5,8,10,12-14,16,25H,6-7,9,11H2,1-3H3,(H,36,37). The number of halogens is 1.